The fourth-order valence-electron chi connectivity index (χ4n) is 2.72. The maximum atomic E-state index is 12.6. The van der Waals surface area contributed by atoms with Gasteiger partial charge in [-0.2, -0.15) is 0 Å². The summed E-state index contributed by atoms with van der Waals surface area (Å²) in [7, 11) is 0. The molecule has 4 rings (SSSR count). The van der Waals surface area contributed by atoms with Crippen molar-refractivity contribution < 1.29 is 14.0 Å². The second-order valence-electron chi connectivity index (χ2n) is 5.67. The Kier molecular flexibility index (Phi) is 4.18. The minimum absolute atomic E-state index is 0.0869. The van der Waals surface area contributed by atoms with Crippen molar-refractivity contribution in [2.24, 2.45) is 0 Å². The Bertz CT molecular complexity index is 973. The van der Waals surface area contributed by atoms with Gasteiger partial charge in [0.2, 0.25) is 11.8 Å². The summed E-state index contributed by atoms with van der Waals surface area (Å²) in [4.78, 5) is 26.1. The van der Waals surface area contributed by atoms with Gasteiger partial charge in [0.05, 0.1) is 11.3 Å². The van der Waals surface area contributed by atoms with Gasteiger partial charge in [-0.3, -0.25) is 9.59 Å². The lowest BCUT2D eigenvalue weighted by molar-refractivity contribution is -0.121. The van der Waals surface area contributed by atoms with E-state index in [0.29, 0.717) is 16.9 Å². The first-order valence-corrected chi connectivity index (χ1v) is 8.78. The summed E-state index contributed by atoms with van der Waals surface area (Å²) >= 11 is 1.09. The first kappa shape index (κ1) is 16.3. The number of aromatic nitrogens is 2. The molecule has 8 heteroatoms. The van der Waals surface area contributed by atoms with Gasteiger partial charge in [0.1, 0.15) is 5.25 Å². The third-order valence-corrected chi connectivity index (χ3v) is 4.98. The van der Waals surface area contributed by atoms with E-state index in [9.17, 15) is 9.59 Å². The molecule has 0 saturated carbocycles. The smallest absolute Gasteiger partial charge is 0.277 e. The first-order valence-electron chi connectivity index (χ1n) is 7.90. The number of anilines is 2. The average Bonchev–Trinajstić information content (AvgIpc) is 3.21. The monoisotopic (exact) mass is 366 g/mol. The summed E-state index contributed by atoms with van der Waals surface area (Å²) in [5, 5.41) is 7.58. The Hall–Kier alpha value is -3.13. The molecule has 1 aliphatic heterocycles. The molecule has 1 aromatic heterocycles. The van der Waals surface area contributed by atoms with Crippen LogP contribution in [0.15, 0.2) is 64.2 Å². The number of nitrogens with zero attached hydrogens (tertiary/aromatic N) is 3. The second-order valence-corrected chi connectivity index (χ2v) is 6.83. The van der Waals surface area contributed by atoms with Crippen molar-refractivity contribution in [1.82, 2.24) is 10.2 Å². The maximum absolute atomic E-state index is 12.6. The van der Waals surface area contributed by atoms with Crippen molar-refractivity contribution in [1.29, 1.82) is 0 Å². The third-order valence-electron chi connectivity index (χ3n) is 3.96. The average molecular weight is 366 g/mol. The zero-order valence-electron chi connectivity index (χ0n) is 13.5. The Labute approximate surface area is 153 Å². The summed E-state index contributed by atoms with van der Waals surface area (Å²) in [6.45, 7) is 0. The predicted octanol–water partition coefficient (Wildman–Crippen LogP) is 2.74. The summed E-state index contributed by atoms with van der Waals surface area (Å²) in [6, 6.07) is 16.0. The molecule has 1 atom stereocenters. The SMILES string of the molecule is Nc1ccccc1-c1nnc(SC2CC(=O)N(c3ccccc3)C2=O)o1. The van der Waals surface area contributed by atoms with Gasteiger partial charge in [-0.1, -0.05) is 42.1 Å². The highest BCUT2D eigenvalue weighted by atomic mass is 32.2. The van der Waals surface area contributed by atoms with Crippen LogP contribution in [0.25, 0.3) is 11.5 Å². The molecule has 2 amide bonds. The van der Waals surface area contributed by atoms with Gasteiger partial charge in [0.25, 0.3) is 11.1 Å². The normalized spacial score (nSPS) is 17.1. The van der Waals surface area contributed by atoms with E-state index in [1.807, 2.05) is 18.2 Å². The van der Waals surface area contributed by atoms with Crippen LogP contribution in [0.1, 0.15) is 6.42 Å². The van der Waals surface area contributed by atoms with Crippen molar-refractivity contribution >= 4 is 35.0 Å². The molecule has 0 radical (unpaired) electrons. The molecule has 1 aliphatic rings. The minimum Gasteiger partial charge on any atom is -0.411 e. The third kappa shape index (κ3) is 2.95. The van der Waals surface area contributed by atoms with Gasteiger partial charge >= 0.3 is 0 Å². The van der Waals surface area contributed by atoms with Crippen LogP contribution >= 0.6 is 11.8 Å². The van der Waals surface area contributed by atoms with Crippen LogP contribution in [-0.2, 0) is 9.59 Å². The van der Waals surface area contributed by atoms with Crippen LogP contribution in [0.4, 0.5) is 11.4 Å². The van der Waals surface area contributed by atoms with Crippen molar-refractivity contribution in [2.75, 3.05) is 10.6 Å². The topological polar surface area (TPSA) is 102 Å². The van der Waals surface area contributed by atoms with E-state index in [0.717, 1.165) is 11.8 Å². The summed E-state index contributed by atoms with van der Waals surface area (Å²) < 4.78 is 5.62. The molecule has 1 fully saturated rings. The molecule has 0 bridgehead atoms. The molecule has 2 N–H and O–H groups in total. The lowest BCUT2D eigenvalue weighted by Gasteiger charge is -2.14. The number of amides is 2. The lowest BCUT2D eigenvalue weighted by atomic mass is 10.2. The number of benzene rings is 2. The predicted molar refractivity (Wildman–Crippen MR) is 97.3 cm³/mol. The molecular weight excluding hydrogens is 352 g/mol. The zero-order valence-corrected chi connectivity index (χ0v) is 14.3. The zero-order chi connectivity index (χ0) is 18.1. The van der Waals surface area contributed by atoms with Crippen molar-refractivity contribution in [3.63, 3.8) is 0 Å². The van der Waals surface area contributed by atoms with Crippen molar-refractivity contribution in [2.45, 2.75) is 16.9 Å². The highest BCUT2D eigenvalue weighted by Crippen LogP contribution is 2.35. The molecular formula is C18H14N4O3S. The standard InChI is InChI=1S/C18H14N4O3S/c19-13-9-5-4-8-12(13)16-20-21-18(25-16)26-14-10-15(23)22(17(14)24)11-6-2-1-3-7-11/h1-9,14H,10,19H2. The van der Waals surface area contributed by atoms with Gasteiger partial charge in [0, 0.05) is 12.1 Å². The number of nitrogens with two attached hydrogens (primary N) is 1. The van der Waals surface area contributed by atoms with Gasteiger partial charge in [-0.05, 0) is 24.3 Å². The van der Waals surface area contributed by atoms with Crippen LogP contribution in [0.2, 0.25) is 0 Å². The highest BCUT2D eigenvalue weighted by molar-refractivity contribution is 8.00. The van der Waals surface area contributed by atoms with E-state index in [1.165, 1.54) is 4.90 Å². The second kappa shape index (κ2) is 6.64. The van der Waals surface area contributed by atoms with Crippen LogP contribution in [0.5, 0.6) is 0 Å². The van der Waals surface area contributed by atoms with E-state index in [1.54, 1.807) is 36.4 Å². The Morgan fingerprint density at radius 1 is 1.04 bits per heavy atom. The molecule has 130 valence electrons. The van der Waals surface area contributed by atoms with Gasteiger partial charge in [-0.25, -0.2) is 4.90 Å². The molecule has 0 aliphatic carbocycles. The van der Waals surface area contributed by atoms with E-state index in [2.05, 4.69) is 10.2 Å². The van der Waals surface area contributed by atoms with E-state index in [4.69, 9.17) is 10.2 Å². The Morgan fingerprint density at radius 2 is 1.77 bits per heavy atom. The van der Waals surface area contributed by atoms with Crippen molar-refractivity contribution in [3.8, 4) is 11.5 Å². The van der Waals surface area contributed by atoms with E-state index < -0.39 is 5.25 Å². The summed E-state index contributed by atoms with van der Waals surface area (Å²) in [5.41, 5.74) is 7.63. The van der Waals surface area contributed by atoms with Gasteiger partial charge in [-0.15, -0.1) is 10.2 Å². The summed E-state index contributed by atoms with van der Waals surface area (Å²) in [6.07, 6.45) is 0.0869. The number of imide groups is 1. The van der Waals surface area contributed by atoms with Crippen LogP contribution < -0.4 is 10.6 Å². The number of thioether (sulfide) groups is 1. The highest BCUT2D eigenvalue weighted by Gasteiger charge is 2.41. The number of carbonyl (C=O) groups is 2. The van der Waals surface area contributed by atoms with Crippen molar-refractivity contribution in [3.05, 3.63) is 54.6 Å². The number of rotatable bonds is 4. The quantitative estimate of drug-likeness (QED) is 0.559. The molecule has 2 heterocycles. The largest absolute Gasteiger partial charge is 0.411 e. The van der Waals surface area contributed by atoms with Crippen LogP contribution in [0, 0.1) is 0 Å². The summed E-state index contributed by atoms with van der Waals surface area (Å²) in [5.74, 6) is -0.252. The number of carbonyl (C=O) groups excluding carboxylic acids is 2. The molecule has 2 aromatic carbocycles. The molecule has 26 heavy (non-hydrogen) atoms. The Balaban J connectivity index is 1.53. The van der Waals surface area contributed by atoms with Crippen LogP contribution in [-0.4, -0.2) is 27.3 Å². The molecule has 3 aromatic rings. The fourth-order valence-corrected chi connectivity index (χ4v) is 3.61. The Morgan fingerprint density at radius 3 is 2.54 bits per heavy atom. The van der Waals surface area contributed by atoms with Gasteiger partial charge < -0.3 is 10.2 Å². The molecule has 0 spiro atoms. The van der Waals surface area contributed by atoms with Gasteiger partial charge in [0.15, 0.2) is 0 Å². The van der Waals surface area contributed by atoms with Crippen LogP contribution in [0.3, 0.4) is 0 Å². The number of para-hydroxylation sites is 2. The fraction of sp³-hybridized carbons (Fsp3) is 0.111. The van der Waals surface area contributed by atoms with E-state index in [-0.39, 0.29) is 29.3 Å². The first-order chi connectivity index (χ1) is 12.6. The van der Waals surface area contributed by atoms with E-state index >= 15 is 0 Å². The molecule has 1 unspecified atom stereocenters. The number of nitrogen functional groups attached to an aromatic ring is 1. The lowest BCUT2D eigenvalue weighted by Crippen LogP contribution is -2.30. The maximum Gasteiger partial charge on any atom is 0.277 e. The molecule has 1 saturated heterocycles. The molecule has 7 nitrogen and oxygen atoms in total. The minimum atomic E-state index is -0.593. The number of hydrogen-bond donors (Lipinski definition) is 1. The number of hydrogen-bond acceptors (Lipinski definition) is 7.